The van der Waals surface area contributed by atoms with Gasteiger partial charge in [-0.2, -0.15) is 0 Å². The quantitative estimate of drug-likeness (QED) is 0.634. The molecule has 0 saturated carbocycles. The minimum absolute atomic E-state index is 0.216. The standard InChI is InChI=1S/C19H20ClN3O4/c1-12(24)23-15-5-3-4-13(10-15)18(25)21-8-9-22-19(26)16-11-14(20)6-7-17(16)27-2/h3-7,10-11H,8-9H2,1-2H3,(H,21,25)(H,22,26)(H,23,24). The van der Waals surface area contributed by atoms with Crippen molar-refractivity contribution in [1.82, 2.24) is 10.6 Å². The van der Waals surface area contributed by atoms with Gasteiger partial charge in [0.2, 0.25) is 5.91 Å². The first-order valence-electron chi connectivity index (χ1n) is 8.18. The Morgan fingerprint density at radius 1 is 1.00 bits per heavy atom. The number of carbonyl (C=O) groups excluding carboxylic acids is 3. The molecule has 0 fully saturated rings. The fourth-order valence-corrected chi connectivity index (χ4v) is 2.52. The SMILES string of the molecule is COc1ccc(Cl)cc1C(=O)NCCNC(=O)c1cccc(NC(C)=O)c1. The highest BCUT2D eigenvalue weighted by Gasteiger charge is 2.13. The molecule has 2 rings (SSSR count). The number of carbonyl (C=O) groups is 3. The van der Waals surface area contributed by atoms with E-state index >= 15 is 0 Å². The molecule has 27 heavy (non-hydrogen) atoms. The van der Waals surface area contributed by atoms with Crippen LogP contribution >= 0.6 is 11.6 Å². The Morgan fingerprint density at radius 2 is 1.70 bits per heavy atom. The molecule has 0 radical (unpaired) electrons. The summed E-state index contributed by atoms with van der Waals surface area (Å²) < 4.78 is 5.14. The lowest BCUT2D eigenvalue weighted by molar-refractivity contribution is -0.114. The van der Waals surface area contributed by atoms with Crippen LogP contribution in [0.3, 0.4) is 0 Å². The van der Waals surface area contributed by atoms with E-state index in [1.54, 1.807) is 36.4 Å². The third-order valence-electron chi connectivity index (χ3n) is 3.55. The highest BCUT2D eigenvalue weighted by Crippen LogP contribution is 2.22. The second kappa shape index (κ2) is 9.59. The van der Waals surface area contributed by atoms with Crippen molar-refractivity contribution < 1.29 is 19.1 Å². The Labute approximate surface area is 162 Å². The highest BCUT2D eigenvalue weighted by atomic mass is 35.5. The molecule has 0 aliphatic heterocycles. The predicted octanol–water partition coefficient (Wildman–Crippen LogP) is 2.47. The first-order valence-corrected chi connectivity index (χ1v) is 8.56. The van der Waals surface area contributed by atoms with Crippen LogP contribution in [0, 0.1) is 0 Å². The molecule has 2 aromatic rings. The average molecular weight is 390 g/mol. The van der Waals surface area contributed by atoms with Crippen LogP contribution in [0.2, 0.25) is 5.02 Å². The van der Waals surface area contributed by atoms with Gasteiger partial charge in [-0.3, -0.25) is 14.4 Å². The van der Waals surface area contributed by atoms with Gasteiger partial charge in [-0.05, 0) is 36.4 Å². The van der Waals surface area contributed by atoms with Crippen molar-refractivity contribution in [3.8, 4) is 5.75 Å². The molecule has 0 aromatic heterocycles. The maximum absolute atomic E-state index is 12.2. The summed E-state index contributed by atoms with van der Waals surface area (Å²) in [4.78, 5) is 35.5. The molecular formula is C19H20ClN3O4. The number of methoxy groups -OCH3 is 1. The van der Waals surface area contributed by atoms with Crippen LogP contribution in [0.1, 0.15) is 27.6 Å². The topological polar surface area (TPSA) is 96.5 Å². The van der Waals surface area contributed by atoms with Crippen LogP contribution in [0.25, 0.3) is 0 Å². The Morgan fingerprint density at radius 3 is 2.37 bits per heavy atom. The van der Waals surface area contributed by atoms with E-state index in [0.29, 0.717) is 27.6 Å². The summed E-state index contributed by atoms with van der Waals surface area (Å²) in [7, 11) is 1.47. The maximum Gasteiger partial charge on any atom is 0.255 e. The van der Waals surface area contributed by atoms with Crippen molar-refractivity contribution in [3.63, 3.8) is 0 Å². The molecule has 3 N–H and O–H groups in total. The van der Waals surface area contributed by atoms with Crippen molar-refractivity contribution in [3.05, 3.63) is 58.6 Å². The van der Waals surface area contributed by atoms with Crippen molar-refractivity contribution in [2.75, 3.05) is 25.5 Å². The zero-order valence-electron chi connectivity index (χ0n) is 15.0. The van der Waals surface area contributed by atoms with Crippen LogP contribution in [0.15, 0.2) is 42.5 Å². The third-order valence-corrected chi connectivity index (χ3v) is 3.78. The molecule has 0 spiro atoms. The molecule has 8 heteroatoms. The van der Waals surface area contributed by atoms with Gasteiger partial charge in [0.25, 0.3) is 11.8 Å². The first-order chi connectivity index (χ1) is 12.9. The summed E-state index contributed by atoms with van der Waals surface area (Å²) in [6.45, 7) is 1.85. The van der Waals surface area contributed by atoms with Crippen molar-refractivity contribution in [2.24, 2.45) is 0 Å². The lowest BCUT2D eigenvalue weighted by Gasteiger charge is -2.11. The fraction of sp³-hybridized carbons (Fsp3) is 0.211. The second-order valence-corrected chi connectivity index (χ2v) is 6.05. The molecule has 0 saturated heterocycles. The summed E-state index contributed by atoms with van der Waals surface area (Å²) in [5.74, 6) is -0.463. The van der Waals surface area contributed by atoms with Gasteiger partial charge >= 0.3 is 0 Å². The number of amides is 3. The third kappa shape index (κ3) is 6.00. The zero-order chi connectivity index (χ0) is 19.8. The molecule has 0 heterocycles. The van der Waals surface area contributed by atoms with Crippen LogP contribution < -0.4 is 20.7 Å². The lowest BCUT2D eigenvalue weighted by Crippen LogP contribution is -2.34. The van der Waals surface area contributed by atoms with Crippen LogP contribution in [0.4, 0.5) is 5.69 Å². The molecule has 0 unspecified atom stereocenters. The first kappa shape index (κ1) is 20.3. The Hall–Kier alpha value is -3.06. The number of anilines is 1. The van der Waals surface area contributed by atoms with Crippen LogP contribution in [0.5, 0.6) is 5.75 Å². The minimum Gasteiger partial charge on any atom is -0.496 e. The van der Waals surface area contributed by atoms with Crippen molar-refractivity contribution in [2.45, 2.75) is 6.92 Å². The summed E-state index contributed by atoms with van der Waals surface area (Å²) in [5, 5.41) is 8.44. The fourth-order valence-electron chi connectivity index (χ4n) is 2.35. The van der Waals surface area contributed by atoms with E-state index in [4.69, 9.17) is 16.3 Å². The monoisotopic (exact) mass is 389 g/mol. The molecule has 3 amide bonds. The molecule has 2 aromatic carbocycles. The van der Waals surface area contributed by atoms with Gasteiger partial charge in [0.1, 0.15) is 5.75 Å². The smallest absolute Gasteiger partial charge is 0.255 e. The van der Waals surface area contributed by atoms with E-state index < -0.39 is 0 Å². The summed E-state index contributed by atoms with van der Waals surface area (Å²) in [6, 6.07) is 11.3. The molecule has 0 bridgehead atoms. The van der Waals surface area contributed by atoms with Crippen molar-refractivity contribution in [1.29, 1.82) is 0 Å². The number of hydrogen-bond acceptors (Lipinski definition) is 4. The molecule has 7 nitrogen and oxygen atoms in total. The van der Waals surface area contributed by atoms with Gasteiger partial charge in [-0.1, -0.05) is 17.7 Å². The summed E-state index contributed by atoms with van der Waals surface area (Å²) in [5.41, 5.74) is 1.26. The molecule has 0 aliphatic rings. The highest BCUT2D eigenvalue weighted by molar-refractivity contribution is 6.31. The van der Waals surface area contributed by atoms with E-state index in [1.807, 2.05) is 0 Å². The van der Waals surface area contributed by atoms with E-state index in [-0.39, 0.29) is 30.8 Å². The predicted molar refractivity (Wildman–Crippen MR) is 103 cm³/mol. The normalized spacial score (nSPS) is 10.0. The Balaban J connectivity index is 1.86. The van der Waals surface area contributed by atoms with Crippen LogP contribution in [-0.4, -0.2) is 37.9 Å². The minimum atomic E-state index is -0.351. The number of ether oxygens (including phenoxy) is 1. The molecule has 0 atom stereocenters. The molecular weight excluding hydrogens is 370 g/mol. The summed E-state index contributed by atoms with van der Waals surface area (Å²) in [6.07, 6.45) is 0. The second-order valence-electron chi connectivity index (χ2n) is 5.62. The van der Waals surface area contributed by atoms with E-state index in [2.05, 4.69) is 16.0 Å². The van der Waals surface area contributed by atoms with E-state index in [1.165, 1.54) is 20.1 Å². The number of hydrogen-bond donors (Lipinski definition) is 3. The maximum atomic E-state index is 12.2. The largest absolute Gasteiger partial charge is 0.496 e. The Kier molecular flexibility index (Phi) is 7.19. The Bertz CT molecular complexity index is 855. The zero-order valence-corrected chi connectivity index (χ0v) is 15.7. The van der Waals surface area contributed by atoms with Gasteiger partial charge in [0, 0.05) is 36.3 Å². The van der Waals surface area contributed by atoms with Crippen molar-refractivity contribution >= 4 is 35.0 Å². The van der Waals surface area contributed by atoms with E-state index in [9.17, 15) is 14.4 Å². The lowest BCUT2D eigenvalue weighted by atomic mass is 10.2. The van der Waals surface area contributed by atoms with Gasteiger partial charge in [-0.15, -0.1) is 0 Å². The van der Waals surface area contributed by atoms with Gasteiger partial charge in [0.15, 0.2) is 0 Å². The van der Waals surface area contributed by atoms with Gasteiger partial charge < -0.3 is 20.7 Å². The number of nitrogens with one attached hydrogen (secondary N) is 3. The summed E-state index contributed by atoms with van der Waals surface area (Å²) >= 11 is 5.91. The average Bonchev–Trinajstić information content (AvgIpc) is 2.64. The van der Waals surface area contributed by atoms with E-state index in [0.717, 1.165) is 0 Å². The number of rotatable bonds is 7. The van der Waals surface area contributed by atoms with Crippen LogP contribution in [-0.2, 0) is 4.79 Å². The molecule has 0 aliphatic carbocycles. The van der Waals surface area contributed by atoms with Gasteiger partial charge in [0.05, 0.1) is 12.7 Å². The number of benzene rings is 2. The number of halogens is 1. The van der Waals surface area contributed by atoms with Gasteiger partial charge in [-0.25, -0.2) is 0 Å². The molecule has 142 valence electrons.